The Morgan fingerprint density at radius 1 is 1.19 bits per heavy atom. The molecular weight excluding hydrogens is 432 g/mol. The highest BCUT2D eigenvalue weighted by molar-refractivity contribution is 6.30. The normalized spacial score (nSPS) is 22.9. The molecule has 8 heteroatoms. The first-order chi connectivity index (χ1) is 15.6. The van der Waals surface area contributed by atoms with Crippen LogP contribution in [-0.4, -0.2) is 37.7 Å². The van der Waals surface area contributed by atoms with Crippen molar-refractivity contribution in [3.8, 4) is 5.75 Å². The van der Waals surface area contributed by atoms with Gasteiger partial charge in [-0.3, -0.25) is 4.90 Å². The van der Waals surface area contributed by atoms with Crippen LogP contribution in [0.3, 0.4) is 0 Å². The number of anilines is 1. The van der Waals surface area contributed by atoms with Crippen molar-refractivity contribution in [1.82, 2.24) is 5.16 Å². The molecule has 0 spiro atoms. The van der Waals surface area contributed by atoms with Crippen molar-refractivity contribution in [2.24, 2.45) is 0 Å². The third-order valence-electron chi connectivity index (χ3n) is 5.95. The highest BCUT2D eigenvalue weighted by Crippen LogP contribution is 2.40. The molecular formula is C24H23ClN2O5. The largest absolute Gasteiger partial charge is 0.497 e. The van der Waals surface area contributed by atoms with Gasteiger partial charge in [0.2, 0.25) is 0 Å². The lowest BCUT2D eigenvalue weighted by molar-refractivity contribution is 0.127. The fraction of sp³-hybridized carbons (Fsp3) is 0.333. The van der Waals surface area contributed by atoms with E-state index < -0.39 is 12.2 Å². The van der Waals surface area contributed by atoms with Crippen LogP contribution in [0, 0.1) is 0 Å². The summed E-state index contributed by atoms with van der Waals surface area (Å²) >= 11 is 6.06. The summed E-state index contributed by atoms with van der Waals surface area (Å²) in [6.45, 7) is 1.39. The van der Waals surface area contributed by atoms with E-state index in [9.17, 15) is 4.79 Å². The minimum absolute atomic E-state index is 0.248. The zero-order valence-corrected chi connectivity index (χ0v) is 18.3. The van der Waals surface area contributed by atoms with E-state index in [1.807, 2.05) is 42.5 Å². The van der Waals surface area contributed by atoms with Gasteiger partial charge in [-0.05, 0) is 48.4 Å². The molecule has 2 saturated heterocycles. The van der Waals surface area contributed by atoms with Gasteiger partial charge in [-0.15, -0.1) is 0 Å². The number of ether oxygens (including phenoxy) is 3. The molecule has 0 aliphatic carbocycles. The van der Waals surface area contributed by atoms with Crippen molar-refractivity contribution in [2.45, 2.75) is 30.9 Å². The lowest BCUT2D eigenvalue weighted by Crippen LogP contribution is -2.30. The number of benzene rings is 2. The topological polar surface area (TPSA) is 74.0 Å². The number of carbonyl (C=O) groups is 1. The molecule has 0 saturated carbocycles. The van der Waals surface area contributed by atoms with Crippen molar-refractivity contribution < 1.29 is 23.5 Å². The summed E-state index contributed by atoms with van der Waals surface area (Å²) < 4.78 is 22.3. The fourth-order valence-electron chi connectivity index (χ4n) is 4.32. The van der Waals surface area contributed by atoms with Gasteiger partial charge in [0.1, 0.15) is 23.7 Å². The van der Waals surface area contributed by atoms with Crippen LogP contribution in [0.2, 0.25) is 5.02 Å². The Labute approximate surface area is 190 Å². The Hall–Kier alpha value is -3.03. The molecule has 5 rings (SSSR count). The average Bonchev–Trinajstić information content (AvgIpc) is 3.55. The predicted molar refractivity (Wildman–Crippen MR) is 118 cm³/mol. The molecule has 0 radical (unpaired) electrons. The van der Waals surface area contributed by atoms with Gasteiger partial charge in [-0.25, -0.2) is 4.79 Å². The van der Waals surface area contributed by atoms with Gasteiger partial charge < -0.3 is 18.7 Å². The van der Waals surface area contributed by atoms with Crippen LogP contribution < -0.4 is 9.64 Å². The molecule has 1 aromatic heterocycles. The number of cyclic esters (lactones) is 1. The number of hydrogen-bond acceptors (Lipinski definition) is 6. The van der Waals surface area contributed by atoms with Gasteiger partial charge in [-0.1, -0.05) is 28.9 Å². The van der Waals surface area contributed by atoms with Crippen LogP contribution in [0.5, 0.6) is 5.75 Å². The summed E-state index contributed by atoms with van der Waals surface area (Å²) in [5, 5.41) is 4.83. The first kappa shape index (κ1) is 20.8. The number of amides is 1. The van der Waals surface area contributed by atoms with Crippen LogP contribution in [0.15, 0.2) is 59.1 Å². The van der Waals surface area contributed by atoms with E-state index in [0.717, 1.165) is 24.3 Å². The second-order valence-corrected chi connectivity index (χ2v) is 8.41. The molecule has 166 valence electrons. The quantitative estimate of drug-likeness (QED) is 0.512. The average molecular weight is 455 g/mol. The molecule has 1 unspecified atom stereocenters. The Morgan fingerprint density at radius 2 is 2.03 bits per heavy atom. The van der Waals surface area contributed by atoms with E-state index in [1.165, 1.54) is 0 Å². The molecule has 3 atom stereocenters. The number of rotatable bonds is 6. The van der Waals surface area contributed by atoms with E-state index in [0.29, 0.717) is 35.2 Å². The third kappa shape index (κ3) is 4.06. The van der Waals surface area contributed by atoms with Crippen molar-refractivity contribution >= 4 is 23.4 Å². The molecule has 1 amide bonds. The van der Waals surface area contributed by atoms with E-state index >= 15 is 0 Å². The van der Waals surface area contributed by atoms with Gasteiger partial charge in [-0.2, -0.15) is 0 Å². The summed E-state index contributed by atoms with van der Waals surface area (Å²) in [6.07, 6.45) is 0.444. The first-order valence-electron chi connectivity index (χ1n) is 10.5. The van der Waals surface area contributed by atoms with Crippen LogP contribution >= 0.6 is 11.6 Å². The predicted octanol–water partition coefficient (Wildman–Crippen LogP) is 5.15. The molecule has 0 bridgehead atoms. The molecule has 7 nitrogen and oxygen atoms in total. The zero-order valence-electron chi connectivity index (χ0n) is 17.6. The monoisotopic (exact) mass is 454 g/mol. The van der Waals surface area contributed by atoms with Crippen molar-refractivity contribution in [1.29, 1.82) is 0 Å². The summed E-state index contributed by atoms with van der Waals surface area (Å²) in [5.74, 6) is 1.63. The minimum Gasteiger partial charge on any atom is -0.497 e. The lowest BCUT2D eigenvalue weighted by atomic mass is 9.96. The molecule has 0 N–H and O–H groups in total. The van der Waals surface area contributed by atoms with Gasteiger partial charge in [0.25, 0.3) is 0 Å². The number of nitrogens with zero attached hydrogens (tertiary/aromatic N) is 2. The standard InChI is InChI=1S/C24H23ClN2O5/c1-29-19-4-2-3-15(11-19)23-22(13-20-12-21(26-32-20)16-9-10-30-14-16)31-24(28)27(23)18-7-5-17(25)6-8-18/h2-8,11-12,16,22-23H,9-10,13-14H2,1H3/t16?,22-,23-/m0/s1. The maximum absolute atomic E-state index is 13.0. The lowest BCUT2D eigenvalue weighted by Gasteiger charge is -2.25. The molecule has 2 aromatic carbocycles. The molecule has 3 heterocycles. The molecule has 2 aliphatic heterocycles. The Balaban J connectivity index is 1.47. The summed E-state index contributed by atoms with van der Waals surface area (Å²) in [7, 11) is 1.62. The molecule has 2 fully saturated rings. The minimum atomic E-state index is -0.467. The highest BCUT2D eigenvalue weighted by Gasteiger charge is 2.44. The summed E-state index contributed by atoms with van der Waals surface area (Å²) in [5.41, 5.74) is 2.49. The maximum Gasteiger partial charge on any atom is 0.415 e. The maximum atomic E-state index is 13.0. The summed E-state index contributed by atoms with van der Waals surface area (Å²) in [4.78, 5) is 14.6. The van der Waals surface area contributed by atoms with Crippen molar-refractivity contribution in [2.75, 3.05) is 25.2 Å². The Kier molecular flexibility index (Phi) is 5.76. The van der Waals surface area contributed by atoms with Gasteiger partial charge in [0.05, 0.1) is 19.4 Å². The number of methoxy groups -OCH3 is 1. The fourth-order valence-corrected chi connectivity index (χ4v) is 4.45. The third-order valence-corrected chi connectivity index (χ3v) is 6.20. The van der Waals surface area contributed by atoms with E-state index in [-0.39, 0.29) is 12.0 Å². The number of aromatic nitrogens is 1. The number of hydrogen-bond donors (Lipinski definition) is 0. The van der Waals surface area contributed by atoms with Crippen LogP contribution in [0.1, 0.15) is 35.4 Å². The molecule has 3 aromatic rings. The zero-order chi connectivity index (χ0) is 22.1. The Bertz CT molecular complexity index is 1090. The molecule has 32 heavy (non-hydrogen) atoms. The first-order valence-corrected chi connectivity index (χ1v) is 10.9. The highest BCUT2D eigenvalue weighted by atomic mass is 35.5. The van der Waals surface area contributed by atoms with Gasteiger partial charge in [0.15, 0.2) is 0 Å². The second-order valence-electron chi connectivity index (χ2n) is 7.97. The number of carbonyl (C=O) groups excluding carboxylic acids is 1. The Morgan fingerprint density at radius 3 is 2.78 bits per heavy atom. The number of halogens is 1. The van der Waals surface area contributed by atoms with Crippen molar-refractivity contribution in [3.05, 3.63) is 76.6 Å². The van der Waals surface area contributed by atoms with Crippen LogP contribution in [0.4, 0.5) is 10.5 Å². The SMILES string of the molecule is COc1cccc([C@H]2[C@H](Cc3cc(C4CCOC4)no3)OC(=O)N2c2ccc(Cl)cc2)c1. The van der Waals surface area contributed by atoms with Crippen LogP contribution in [-0.2, 0) is 15.9 Å². The van der Waals surface area contributed by atoms with E-state index in [1.54, 1.807) is 24.1 Å². The van der Waals surface area contributed by atoms with Crippen LogP contribution in [0.25, 0.3) is 0 Å². The van der Waals surface area contributed by atoms with E-state index in [2.05, 4.69) is 5.16 Å². The van der Waals surface area contributed by atoms with E-state index in [4.69, 9.17) is 30.3 Å². The second kappa shape index (κ2) is 8.84. The van der Waals surface area contributed by atoms with Gasteiger partial charge >= 0.3 is 6.09 Å². The van der Waals surface area contributed by atoms with Gasteiger partial charge in [0, 0.05) is 35.7 Å². The molecule has 2 aliphatic rings. The summed E-state index contributed by atoms with van der Waals surface area (Å²) in [6, 6.07) is 16.4. The van der Waals surface area contributed by atoms with Crippen molar-refractivity contribution in [3.63, 3.8) is 0 Å². The smallest absolute Gasteiger partial charge is 0.415 e.